The predicted molar refractivity (Wildman–Crippen MR) is 95.8 cm³/mol. The lowest BCUT2D eigenvalue weighted by molar-refractivity contribution is 1.24. The van der Waals surface area contributed by atoms with Crippen molar-refractivity contribution in [2.75, 3.05) is 0 Å². The van der Waals surface area contributed by atoms with Crippen LogP contribution >= 0.6 is 0 Å². The van der Waals surface area contributed by atoms with Crippen LogP contribution in [0.1, 0.15) is 37.5 Å². The van der Waals surface area contributed by atoms with E-state index < -0.39 is 0 Å². The quantitative estimate of drug-likeness (QED) is 0.717. The second kappa shape index (κ2) is 6.94. The molecule has 0 bridgehead atoms. The van der Waals surface area contributed by atoms with Gasteiger partial charge in [0.05, 0.1) is 0 Å². The third kappa shape index (κ3) is 4.09. The first-order valence-corrected chi connectivity index (χ1v) is 7.01. The fourth-order valence-corrected chi connectivity index (χ4v) is 2.12. The van der Waals surface area contributed by atoms with E-state index in [4.69, 9.17) is 5.73 Å². The molecule has 1 rings (SSSR count). The van der Waals surface area contributed by atoms with Crippen LogP contribution in [-0.2, 0) is 0 Å². The number of hydrogen-bond acceptors (Lipinski definition) is 1. The van der Waals surface area contributed by atoms with Crippen LogP contribution in [-0.4, -0.2) is 0 Å². The van der Waals surface area contributed by atoms with Gasteiger partial charge in [-0.3, -0.25) is 0 Å². The monoisotopic (exact) mass is 279 g/mol. The summed E-state index contributed by atoms with van der Waals surface area (Å²) in [5, 5.41) is 0. The van der Waals surface area contributed by atoms with Gasteiger partial charge in [-0.05, 0) is 67.2 Å². The topological polar surface area (TPSA) is 26.0 Å². The lowest BCUT2D eigenvalue weighted by atomic mass is 9.95. The number of benzene rings is 1. The Morgan fingerprint density at radius 1 is 1.14 bits per heavy atom. The molecule has 1 nitrogen and oxygen atoms in total. The molecular formula is C20H25N. The standard InChI is InChI=1S/C20H25N/c1-8-20(17(7)21)16(6)15(5)11-19-12-18(13(2)3)10-9-14(19)4/h8-12H,1-2,6,21H2,3-5,7H3/b15-11+,20-17-. The van der Waals surface area contributed by atoms with Gasteiger partial charge in [0.25, 0.3) is 0 Å². The van der Waals surface area contributed by atoms with Crippen molar-refractivity contribution in [2.45, 2.75) is 27.7 Å². The molecule has 1 heteroatoms. The second-order valence-electron chi connectivity index (χ2n) is 5.46. The smallest absolute Gasteiger partial charge is 0.0128 e. The van der Waals surface area contributed by atoms with Crippen molar-refractivity contribution < 1.29 is 0 Å². The van der Waals surface area contributed by atoms with Gasteiger partial charge < -0.3 is 5.73 Å². The molecule has 0 radical (unpaired) electrons. The first-order chi connectivity index (χ1) is 9.77. The molecule has 0 amide bonds. The molecule has 0 unspecified atom stereocenters. The molecule has 21 heavy (non-hydrogen) atoms. The van der Waals surface area contributed by atoms with Crippen molar-refractivity contribution in [3.8, 4) is 0 Å². The maximum atomic E-state index is 5.88. The molecule has 1 aromatic rings. The molecule has 0 spiro atoms. The summed E-state index contributed by atoms with van der Waals surface area (Å²) in [6.45, 7) is 20.0. The van der Waals surface area contributed by atoms with Gasteiger partial charge in [0.2, 0.25) is 0 Å². The maximum Gasteiger partial charge on any atom is 0.0128 e. The Morgan fingerprint density at radius 3 is 2.24 bits per heavy atom. The summed E-state index contributed by atoms with van der Waals surface area (Å²) in [5.74, 6) is 0. The number of aryl methyl sites for hydroxylation is 1. The Morgan fingerprint density at radius 2 is 1.76 bits per heavy atom. The van der Waals surface area contributed by atoms with E-state index in [2.05, 4.69) is 50.9 Å². The van der Waals surface area contributed by atoms with Crippen molar-refractivity contribution in [1.82, 2.24) is 0 Å². The van der Waals surface area contributed by atoms with E-state index in [0.717, 1.165) is 33.6 Å². The minimum atomic E-state index is 0.732. The first kappa shape index (κ1) is 16.8. The van der Waals surface area contributed by atoms with E-state index in [0.29, 0.717) is 0 Å². The predicted octanol–water partition coefficient (Wildman–Crippen LogP) is 5.41. The fourth-order valence-electron chi connectivity index (χ4n) is 2.12. The van der Waals surface area contributed by atoms with Crippen LogP contribution in [0.15, 0.2) is 66.4 Å². The Kier molecular flexibility index (Phi) is 5.54. The molecule has 0 aliphatic heterocycles. The zero-order valence-corrected chi connectivity index (χ0v) is 13.6. The van der Waals surface area contributed by atoms with Crippen molar-refractivity contribution in [1.29, 1.82) is 0 Å². The maximum absolute atomic E-state index is 5.88. The van der Waals surface area contributed by atoms with Gasteiger partial charge in [0.15, 0.2) is 0 Å². The minimum Gasteiger partial charge on any atom is -0.402 e. The van der Waals surface area contributed by atoms with E-state index in [1.807, 2.05) is 20.8 Å². The van der Waals surface area contributed by atoms with Gasteiger partial charge in [-0.25, -0.2) is 0 Å². The van der Waals surface area contributed by atoms with Gasteiger partial charge in [0.1, 0.15) is 0 Å². The number of allylic oxidation sites excluding steroid dienone is 6. The molecule has 0 heterocycles. The Bertz CT molecular complexity index is 650. The largest absolute Gasteiger partial charge is 0.402 e. The summed E-state index contributed by atoms with van der Waals surface area (Å²) in [7, 11) is 0. The number of hydrogen-bond donors (Lipinski definition) is 1. The summed E-state index contributed by atoms with van der Waals surface area (Å²) >= 11 is 0. The Hall–Kier alpha value is -2.28. The highest BCUT2D eigenvalue weighted by Crippen LogP contribution is 2.24. The zero-order valence-electron chi connectivity index (χ0n) is 13.6. The van der Waals surface area contributed by atoms with Crippen molar-refractivity contribution in [3.05, 3.63) is 83.1 Å². The van der Waals surface area contributed by atoms with Gasteiger partial charge in [0, 0.05) is 5.70 Å². The highest BCUT2D eigenvalue weighted by molar-refractivity contribution is 5.70. The normalized spacial score (nSPS) is 12.7. The number of nitrogens with two attached hydrogens (primary N) is 1. The van der Waals surface area contributed by atoms with E-state index >= 15 is 0 Å². The molecule has 0 saturated carbocycles. The average molecular weight is 279 g/mol. The van der Waals surface area contributed by atoms with Crippen LogP contribution < -0.4 is 5.73 Å². The lowest BCUT2D eigenvalue weighted by Gasteiger charge is -2.11. The first-order valence-electron chi connectivity index (χ1n) is 7.01. The Balaban J connectivity index is 3.27. The molecule has 2 N–H and O–H groups in total. The molecule has 110 valence electrons. The van der Waals surface area contributed by atoms with Gasteiger partial charge >= 0.3 is 0 Å². The summed E-state index contributed by atoms with van der Waals surface area (Å²) in [6, 6.07) is 6.36. The molecule has 0 atom stereocenters. The molecular weight excluding hydrogens is 254 g/mol. The SMILES string of the molecule is C=C/C(C(=C)/C(C)=C/c1cc(C(=C)C)ccc1C)=C(\C)N. The van der Waals surface area contributed by atoms with E-state index in [1.165, 1.54) is 11.1 Å². The Labute approximate surface area is 128 Å². The van der Waals surface area contributed by atoms with E-state index in [9.17, 15) is 0 Å². The van der Waals surface area contributed by atoms with Crippen LogP contribution in [0, 0.1) is 6.92 Å². The summed E-state index contributed by atoms with van der Waals surface area (Å²) in [6.07, 6.45) is 3.89. The van der Waals surface area contributed by atoms with Crippen LogP contribution in [0.2, 0.25) is 0 Å². The van der Waals surface area contributed by atoms with E-state index in [1.54, 1.807) is 6.08 Å². The molecule has 0 saturated heterocycles. The second-order valence-corrected chi connectivity index (χ2v) is 5.46. The highest BCUT2D eigenvalue weighted by atomic mass is 14.6. The molecule has 0 fully saturated rings. The third-order valence-electron chi connectivity index (χ3n) is 3.57. The summed E-state index contributed by atoms with van der Waals surface area (Å²) in [5.41, 5.74) is 14.1. The fraction of sp³-hybridized carbons (Fsp3) is 0.200. The molecule has 0 aromatic heterocycles. The van der Waals surface area contributed by atoms with Crippen LogP contribution in [0.3, 0.4) is 0 Å². The van der Waals surface area contributed by atoms with Gasteiger partial charge in [-0.1, -0.05) is 49.6 Å². The highest BCUT2D eigenvalue weighted by Gasteiger charge is 2.06. The molecule has 0 aliphatic rings. The van der Waals surface area contributed by atoms with Crippen molar-refractivity contribution >= 4 is 11.6 Å². The van der Waals surface area contributed by atoms with Gasteiger partial charge in [-0.15, -0.1) is 0 Å². The van der Waals surface area contributed by atoms with Crippen LogP contribution in [0.5, 0.6) is 0 Å². The third-order valence-corrected chi connectivity index (χ3v) is 3.57. The van der Waals surface area contributed by atoms with Crippen molar-refractivity contribution in [3.63, 3.8) is 0 Å². The van der Waals surface area contributed by atoms with Crippen LogP contribution in [0.25, 0.3) is 11.6 Å². The zero-order chi connectivity index (χ0) is 16.2. The average Bonchev–Trinajstić information content (AvgIpc) is 2.41. The number of rotatable bonds is 5. The summed E-state index contributed by atoms with van der Waals surface area (Å²) < 4.78 is 0. The van der Waals surface area contributed by atoms with Crippen molar-refractivity contribution in [2.24, 2.45) is 5.73 Å². The molecule has 1 aromatic carbocycles. The lowest BCUT2D eigenvalue weighted by Crippen LogP contribution is -1.99. The van der Waals surface area contributed by atoms with E-state index in [-0.39, 0.29) is 0 Å². The van der Waals surface area contributed by atoms with Gasteiger partial charge in [-0.2, -0.15) is 0 Å². The van der Waals surface area contributed by atoms with Crippen LogP contribution in [0.4, 0.5) is 0 Å². The summed E-state index contributed by atoms with van der Waals surface area (Å²) in [4.78, 5) is 0. The minimum absolute atomic E-state index is 0.732. The molecule has 0 aliphatic carbocycles.